The molecule has 0 aliphatic rings. The van der Waals surface area contributed by atoms with Crippen LogP contribution < -0.4 is 5.73 Å². The van der Waals surface area contributed by atoms with E-state index in [1.807, 2.05) is 0 Å². The summed E-state index contributed by atoms with van der Waals surface area (Å²) in [6.45, 7) is 0.137. The summed E-state index contributed by atoms with van der Waals surface area (Å²) in [5.41, 5.74) is 7.51. The van der Waals surface area contributed by atoms with Gasteiger partial charge in [-0.15, -0.1) is 11.3 Å². The van der Waals surface area contributed by atoms with Crippen molar-refractivity contribution in [2.75, 3.05) is 12.8 Å². The summed E-state index contributed by atoms with van der Waals surface area (Å²) in [4.78, 5) is 3.89. The van der Waals surface area contributed by atoms with E-state index in [0.29, 0.717) is 5.69 Å². The minimum Gasteiger partial charge on any atom is -0.396 e. The van der Waals surface area contributed by atoms with Crippen molar-refractivity contribution in [1.82, 2.24) is 9.29 Å². The van der Waals surface area contributed by atoms with Crippen molar-refractivity contribution in [3.63, 3.8) is 0 Å². The average Bonchev–Trinajstić information content (AvgIpc) is 2.85. The maximum atomic E-state index is 13.3. The molecule has 0 fully saturated rings. The second-order valence-electron chi connectivity index (χ2n) is 3.92. The Morgan fingerprint density at radius 2 is 2.21 bits per heavy atom. The maximum absolute atomic E-state index is 13.3. The minimum atomic E-state index is -3.75. The van der Waals surface area contributed by atoms with Crippen LogP contribution in [0.3, 0.4) is 0 Å². The molecule has 0 spiro atoms. The fourth-order valence-corrected chi connectivity index (χ4v) is 3.18. The number of nitrogens with two attached hydrogens (primary N) is 1. The molecule has 0 atom stereocenters. The van der Waals surface area contributed by atoms with Gasteiger partial charge in [0.1, 0.15) is 5.82 Å². The van der Waals surface area contributed by atoms with Gasteiger partial charge >= 0.3 is 0 Å². The normalized spacial score (nSPS) is 11.9. The number of nitrogens with zero attached hydrogens (tertiary/aromatic N) is 2. The molecule has 0 radical (unpaired) electrons. The predicted octanol–water partition coefficient (Wildman–Crippen LogP) is 1.69. The van der Waals surface area contributed by atoms with Gasteiger partial charge in [0.15, 0.2) is 0 Å². The van der Waals surface area contributed by atoms with E-state index in [-0.39, 0.29) is 17.1 Å². The first-order chi connectivity index (χ1) is 8.91. The summed E-state index contributed by atoms with van der Waals surface area (Å²) in [7, 11) is -2.33. The highest BCUT2D eigenvalue weighted by Gasteiger charge is 2.22. The van der Waals surface area contributed by atoms with Crippen LogP contribution in [0.1, 0.15) is 5.69 Å². The molecule has 0 saturated heterocycles. The zero-order valence-corrected chi connectivity index (χ0v) is 11.7. The predicted molar refractivity (Wildman–Crippen MR) is 71.6 cm³/mol. The van der Waals surface area contributed by atoms with Crippen LogP contribution in [0.4, 0.5) is 10.1 Å². The summed E-state index contributed by atoms with van der Waals surface area (Å²) in [5, 5.41) is 1.76. The molecule has 2 aromatic rings. The fourth-order valence-electron chi connectivity index (χ4n) is 1.48. The first kappa shape index (κ1) is 13.9. The van der Waals surface area contributed by atoms with E-state index in [9.17, 15) is 12.8 Å². The van der Waals surface area contributed by atoms with Crippen molar-refractivity contribution in [2.45, 2.75) is 11.4 Å². The van der Waals surface area contributed by atoms with Crippen molar-refractivity contribution < 1.29 is 12.8 Å². The number of hydrogen-bond donors (Lipinski definition) is 1. The molecule has 2 rings (SSSR count). The lowest BCUT2D eigenvalue weighted by Crippen LogP contribution is -2.26. The molecule has 0 aliphatic carbocycles. The van der Waals surface area contributed by atoms with Crippen LogP contribution in [0.5, 0.6) is 0 Å². The number of nitrogen functional groups attached to an aromatic ring is 1. The number of hydrogen-bond acceptors (Lipinski definition) is 5. The number of halogens is 1. The highest BCUT2D eigenvalue weighted by molar-refractivity contribution is 7.89. The molecule has 0 saturated carbocycles. The number of sulfonamides is 1. The zero-order chi connectivity index (χ0) is 14.0. The lowest BCUT2D eigenvalue weighted by atomic mass is 10.3. The lowest BCUT2D eigenvalue weighted by Gasteiger charge is -2.16. The van der Waals surface area contributed by atoms with Crippen LogP contribution in [-0.2, 0) is 16.6 Å². The highest BCUT2D eigenvalue weighted by atomic mass is 32.2. The van der Waals surface area contributed by atoms with Gasteiger partial charge in [-0.3, -0.25) is 0 Å². The molecule has 1 aromatic heterocycles. The van der Waals surface area contributed by atoms with Crippen molar-refractivity contribution in [3.8, 4) is 0 Å². The van der Waals surface area contributed by atoms with Gasteiger partial charge in [0.2, 0.25) is 10.0 Å². The number of anilines is 1. The van der Waals surface area contributed by atoms with Gasteiger partial charge in [0.05, 0.1) is 28.3 Å². The first-order valence-electron chi connectivity index (χ1n) is 5.29. The molecule has 0 amide bonds. The highest BCUT2D eigenvalue weighted by Crippen LogP contribution is 2.20. The Kier molecular flexibility index (Phi) is 3.83. The molecule has 2 N–H and O–H groups in total. The molecule has 0 bridgehead atoms. The smallest absolute Gasteiger partial charge is 0.243 e. The minimum absolute atomic E-state index is 0.0823. The third-order valence-electron chi connectivity index (χ3n) is 2.55. The average molecular weight is 301 g/mol. The summed E-state index contributed by atoms with van der Waals surface area (Å²) in [6, 6.07) is 3.44. The van der Waals surface area contributed by atoms with Gasteiger partial charge in [-0.05, 0) is 18.2 Å². The van der Waals surface area contributed by atoms with Crippen LogP contribution in [0, 0.1) is 5.82 Å². The molecule has 0 unspecified atom stereocenters. The van der Waals surface area contributed by atoms with Crippen LogP contribution in [0.25, 0.3) is 0 Å². The third-order valence-corrected chi connectivity index (χ3v) is 4.98. The Bertz CT molecular complexity index is 671. The van der Waals surface area contributed by atoms with E-state index in [2.05, 4.69) is 4.98 Å². The molecule has 5 nitrogen and oxygen atoms in total. The van der Waals surface area contributed by atoms with Crippen molar-refractivity contribution >= 4 is 27.0 Å². The molecule has 8 heteroatoms. The molecule has 1 aromatic carbocycles. The Morgan fingerprint density at radius 1 is 1.47 bits per heavy atom. The third kappa shape index (κ3) is 2.91. The second-order valence-corrected chi connectivity index (χ2v) is 6.69. The largest absolute Gasteiger partial charge is 0.396 e. The Balaban J connectivity index is 2.28. The molecule has 19 heavy (non-hydrogen) atoms. The summed E-state index contributed by atoms with van der Waals surface area (Å²) in [5.74, 6) is -0.747. The van der Waals surface area contributed by atoms with Gasteiger partial charge in [-0.2, -0.15) is 4.31 Å². The number of benzene rings is 1. The van der Waals surface area contributed by atoms with Crippen LogP contribution in [-0.4, -0.2) is 24.8 Å². The molecule has 1 heterocycles. The van der Waals surface area contributed by atoms with Gasteiger partial charge in [0.25, 0.3) is 0 Å². The monoisotopic (exact) mass is 301 g/mol. The maximum Gasteiger partial charge on any atom is 0.243 e. The van der Waals surface area contributed by atoms with Gasteiger partial charge in [-0.25, -0.2) is 17.8 Å². The Labute approximate surface area is 114 Å². The standard InChI is InChI=1S/C11H12FN3O2S2/c1-15(5-8-6-18-7-14-8)19(16,17)9-2-3-11(13)10(12)4-9/h2-4,6-7H,5,13H2,1H3. The van der Waals surface area contributed by atoms with Gasteiger partial charge in [0, 0.05) is 12.4 Å². The van der Waals surface area contributed by atoms with Crippen molar-refractivity contribution in [3.05, 3.63) is 40.6 Å². The second kappa shape index (κ2) is 5.24. The van der Waals surface area contributed by atoms with E-state index in [1.165, 1.54) is 30.5 Å². The number of rotatable bonds is 4. The molecular formula is C11H12FN3O2S2. The fraction of sp³-hybridized carbons (Fsp3) is 0.182. The van der Waals surface area contributed by atoms with E-state index >= 15 is 0 Å². The summed E-state index contributed by atoms with van der Waals surface area (Å²) >= 11 is 1.38. The van der Waals surface area contributed by atoms with Crippen molar-refractivity contribution in [1.29, 1.82) is 0 Å². The van der Waals surface area contributed by atoms with E-state index in [0.717, 1.165) is 10.4 Å². The van der Waals surface area contributed by atoms with Crippen molar-refractivity contribution in [2.24, 2.45) is 0 Å². The number of aromatic nitrogens is 1. The first-order valence-corrected chi connectivity index (χ1v) is 7.68. The van der Waals surface area contributed by atoms with Crippen LogP contribution in [0.15, 0.2) is 34.0 Å². The summed E-state index contributed by atoms with van der Waals surface area (Å²) < 4.78 is 38.9. The zero-order valence-electron chi connectivity index (χ0n) is 10.1. The molecule has 102 valence electrons. The quantitative estimate of drug-likeness (QED) is 0.872. The number of thiazole rings is 1. The topological polar surface area (TPSA) is 76.3 Å². The SMILES string of the molecule is CN(Cc1cscn1)S(=O)(=O)c1ccc(N)c(F)c1. The van der Waals surface area contributed by atoms with E-state index in [4.69, 9.17) is 5.73 Å². The van der Waals surface area contributed by atoms with Gasteiger partial charge in [-0.1, -0.05) is 0 Å². The van der Waals surface area contributed by atoms with Gasteiger partial charge < -0.3 is 5.73 Å². The van der Waals surface area contributed by atoms with Crippen LogP contribution >= 0.6 is 11.3 Å². The molecule has 0 aliphatic heterocycles. The Morgan fingerprint density at radius 3 is 2.79 bits per heavy atom. The molecular weight excluding hydrogens is 289 g/mol. The lowest BCUT2D eigenvalue weighted by molar-refractivity contribution is 0.462. The summed E-state index contributed by atoms with van der Waals surface area (Å²) in [6.07, 6.45) is 0. The van der Waals surface area contributed by atoms with Crippen LogP contribution in [0.2, 0.25) is 0 Å². The van der Waals surface area contributed by atoms with E-state index in [1.54, 1.807) is 10.9 Å². The Hall–Kier alpha value is -1.51. The van der Waals surface area contributed by atoms with E-state index < -0.39 is 15.8 Å².